The fraction of sp³-hybridized carbons (Fsp3) is 0.273. The lowest BCUT2D eigenvalue weighted by Crippen LogP contribution is -2.41. The largest absolute Gasteiger partial charge is 0.273 e. The Bertz CT molecular complexity index is 589. The van der Waals surface area contributed by atoms with E-state index in [9.17, 15) is 18.0 Å². The summed E-state index contributed by atoms with van der Waals surface area (Å²) in [5.74, 6) is -0.961. The van der Waals surface area contributed by atoms with E-state index in [0.29, 0.717) is 11.1 Å². The van der Waals surface area contributed by atoms with Gasteiger partial charge in [-0.05, 0) is 19.1 Å². The van der Waals surface area contributed by atoms with Gasteiger partial charge in [0, 0.05) is 6.54 Å². The lowest BCUT2D eigenvalue weighted by molar-refractivity contribution is 0.0656. The molecule has 0 saturated carbocycles. The molecule has 0 fully saturated rings. The molecular formula is C11H12N2O4S. The summed E-state index contributed by atoms with van der Waals surface area (Å²) in [6.45, 7) is 1.13. The van der Waals surface area contributed by atoms with Crippen molar-refractivity contribution in [3.63, 3.8) is 0 Å². The summed E-state index contributed by atoms with van der Waals surface area (Å²) in [5, 5.41) is 3.99. The van der Waals surface area contributed by atoms with Gasteiger partial charge in [-0.3, -0.25) is 14.5 Å². The van der Waals surface area contributed by atoms with E-state index in [0.717, 1.165) is 4.90 Å². The molecule has 18 heavy (non-hydrogen) atoms. The van der Waals surface area contributed by atoms with E-state index in [-0.39, 0.29) is 6.54 Å². The molecule has 96 valence electrons. The minimum absolute atomic E-state index is 0.231. The van der Waals surface area contributed by atoms with Crippen LogP contribution in [0.5, 0.6) is 0 Å². The van der Waals surface area contributed by atoms with Crippen LogP contribution in [0.15, 0.2) is 24.3 Å². The molecular weight excluding hydrogens is 256 g/mol. The van der Waals surface area contributed by atoms with Gasteiger partial charge in [0.05, 0.1) is 16.4 Å². The van der Waals surface area contributed by atoms with Crippen LogP contribution >= 0.6 is 0 Å². The molecule has 1 aliphatic heterocycles. The zero-order valence-corrected chi connectivity index (χ0v) is 10.5. The number of nitrogens with zero attached hydrogens (tertiary/aromatic N) is 1. The van der Waals surface area contributed by atoms with Gasteiger partial charge in [-0.1, -0.05) is 12.1 Å². The number of carbonyl (C=O) groups excluding carboxylic acids is 2. The van der Waals surface area contributed by atoms with Crippen LogP contribution in [0.25, 0.3) is 0 Å². The zero-order valence-electron chi connectivity index (χ0n) is 9.66. The van der Waals surface area contributed by atoms with E-state index < -0.39 is 27.1 Å². The number of hydrogen-bond donors (Lipinski definition) is 1. The summed E-state index contributed by atoms with van der Waals surface area (Å²) >= 11 is 0. The topological polar surface area (TPSA) is 97.5 Å². The summed E-state index contributed by atoms with van der Waals surface area (Å²) in [4.78, 5) is 24.8. The Kier molecular flexibility index (Phi) is 2.95. The second kappa shape index (κ2) is 4.18. The number of nitrogens with two attached hydrogens (primary N) is 1. The maximum absolute atomic E-state index is 11.9. The molecule has 7 heteroatoms. The van der Waals surface area contributed by atoms with Gasteiger partial charge in [-0.2, -0.15) is 0 Å². The molecule has 6 nitrogen and oxygen atoms in total. The van der Waals surface area contributed by atoms with Crippen LogP contribution in [0.4, 0.5) is 0 Å². The van der Waals surface area contributed by atoms with Gasteiger partial charge in [0.2, 0.25) is 10.0 Å². The van der Waals surface area contributed by atoms with Crippen LogP contribution in [0.2, 0.25) is 0 Å². The van der Waals surface area contributed by atoms with Crippen molar-refractivity contribution in [3.8, 4) is 0 Å². The van der Waals surface area contributed by atoms with E-state index in [1.807, 2.05) is 0 Å². The third-order valence-corrected chi connectivity index (χ3v) is 4.15. The van der Waals surface area contributed by atoms with Gasteiger partial charge in [0.15, 0.2) is 0 Å². The number of primary sulfonamides is 1. The molecule has 0 bridgehead atoms. The van der Waals surface area contributed by atoms with Gasteiger partial charge < -0.3 is 0 Å². The van der Waals surface area contributed by atoms with Crippen LogP contribution < -0.4 is 5.14 Å². The second-order valence-electron chi connectivity index (χ2n) is 4.17. The molecule has 1 aliphatic rings. The average Bonchev–Trinajstić information content (AvgIpc) is 2.54. The minimum Gasteiger partial charge on any atom is -0.273 e. The molecule has 2 rings (SSSR count). The Morgan fingerprint density at radius 2 is 1.61 bits per heavy atom. The average molecular weight is 268 g/mol. The number of carbonyl (C=O) groups is 2. The van der Waals surface area contributed by atoms with Gasteiger partial charge in [0.25, 0.3) is 11.8 Å². The standard InChI is InChI=1S/C11H12N2O4S/c1-7(18(12,16)17)6-13-10(14)8-4-2-3-5-9(8)11(13)15/h2-5,7H,6H2,1H3,(H2,12,16,17). The Morgan fingerprint density at radius 1 is 1.17 bits per heavy atom. The Hall–Kier alpha value is -1.73. The number of amides is 2. The highest BCUT2D eigenvalue weighted by Gasteiger charge is 2.37. The van der Waals surface area contributed by atoms with Crippen molar-refractivity contribution in [2.45, 2.75) is 12.2 Å². The number of sulfonamides is 1. The maximum Gasteiger partial charge on any atom is 0.261 e. The van der Waals surface area contributed by atoms with Crippen molar-refractivity contribution >= 4 is 21.8 Å². The summed E-state index contributed by atoms with van der Waals surface area (Å²) in [6, 6.07) is 6.38. The smallest absolute Gasteiger partial charge is 0.261 e. The third kappa shape index (κ3) is 2.02. The van der Waals surface area contributed by atoms with E-state index in [1.165, 1.54) is 19.1 Å². The van der Waals surface area contributed by atoms with Crippen molar-refractivity contribution in [1.29, 1.82) is 0 Å². The lowest BCUT2D eigenvalue weighted by Gasteiger charge is -2.17. The van der Waals surface area contributed by atoms with Crippen molar-refractivity contribution in [1.82, 2.24) is 4.90 Å². The van der Waals surface area contributed by atoms with Gasteiger partial charge >= 0.3 is 0 Å². The molecule has 0 radical (unpaired) electrons. The first kappa shape index (κ1) is 12.7. The van der Waals surface area contributed by atoms with Crippen LogP contribution in [-0.4, -0.2) is 36.9 Å². The number of rotatable bonds is 3. The monoisotopic (exact) mass is 268 g/mol. The molecule has 1 heterocycles. The predicted molar refractivity (Wildman–Crippen MR) is 64.4 cm³/mol. The summed E-state index contributed by atoms with van der Waals surface area (Å²) in [6.07, 6.45) is 0. The fourth-order valence-electron chi connectivity index (χ4n) is 1.77. The number of benzene rings is 1. The molecule has 1 aromatic carbocycles. The SMILES string of the molecule is CC(CN1C(=O)c2ccccc2C1=O)S(N)(=O)=O. The van der Waals surface area contributed by atoms with E-state index in [4.69, 9.17) is 5.14 Å². The molecule has 0 aliphatic carbocycles. The normalized spacial score (nSPS) is 16.9. The summed E-state index contributed by atoms with van der Waals surface area (Å²) in [7, 11) is -3.77. The number of fused-ring (bicyclic) bond motifs is 1. The third-order valence-electron chi connectivity index (χ3n) is 2.88. The summed E-state index contributed by atoms with van der Waals surface area (Å²) in [5.41, 5.74) is 0.591. The lowest BCUT2D eigenvalue weighted by atomic mass is 10.1. The Balaban J connectivity index is 2.30. The highest BCUT2D eigenvalue weighted by Crippen LogP contribution is 2.22. The van der Waals surface area contributed by atoms with Gasteiger partial charge in [-0.15, -0.1) is 0 Å². The quantitative estimate of drug-likeness (QED) is 0.778. The predicted octanol–water partition coefficient (Wildman–Crippen LogP) is -0.0404. The van der Waals surface area contributed by atoms with Crippen LogP contribution in [0.3, 0.4) is 0 Å². The van der Waals surface area contributed by atoms with Crippen molar-refractivity contribution in [2.24, 2.45) is 5.14 Å². The highest BCUT2D eigenvalue weighted by molar-refractivity contribution is 7.89. The molecule has 1 unspecified atom stereocenters. The van der Waals surface area contributed by atoms with E-state index in [1.54, 1.807) is 12.1 Å². The van der Waals surface area contributed by atoms with Crippen LogP contribution in [0.1, 0.15) is 27.6 Å². The maximum atomic E-state index is 11.9. The first-order chi connectivity index (χ1) is 8.32. The molecule has 0 spiro atoms. The number of hydrogen-bond acceptors (Lipinski definition) is 4. The second-order valence-corrected chi connectivity index (χ2v) is 6.15. The van der Waals surface area contributed by atoms with Crippen molar-refractivity contribution in [3.05, 3.63) is 35.4 Å². The van der Waals surface area contributed by atoms with Crippen molar-refractivity contribution < 1.29 is 18.0 Å². The van der Waals surface area contributed by atoms with E-state index in [2.05, 4.69) is 0 Å². The zero-order chi connectivity index (χ0) is 13.5. The molecule has 2 amide bonds. The number of imide groups is 1. The van der Waals surface area contributed by atoms with E-state index >= 15 is 0 Å². The Labute approximate surface area is 104 Å². The fourth-order valence-corrected chi connectivity index (χ4v) is 2.12. The molecule has 0 saturated heterocycles. The molecule has 0 aromatic heterocycles. The van der Waals surface area contributed by atoms with Gasteiger partial charge in [0.1, 0.15) is 0 Å². The Morgan fingerprint density at radius 3 is 2.00 bits per heavy atom. The molecule has 2 N–H and O–H groups in total. The molecule has 1 aromatic rings. The minimum atomic E-state index is -3.77. The van der Waals surface area contributed by atoms with Crippen LogP contribution in [-0.2, 0) is 10.0 Å². The van der Waals surface area contributed by atoms with Gasteiger partial charge in [-0.25, -0.2) is 13.6 Å². The first-order valence-electron chi connectivity index (χ1n) is 5.29. The van der Waals surface area contributed by atoms with Crippen LogP contribution in [0, 0.1) is 0 Å². The van der Waals surface area contributed by atoms with Crippen molar-refractivity contribution in [2.75, 3.05) is 6.54 Å². The first-order valence-corrected chi connectivity index (χ1v) is 6.90. The molecule has 1 atom stereocenters. The highest BCUT2D eigenvalue weighted by atomic mass is 32.2. The summed E-state index contributed by atoms with van der Waals surface area (Å²) < 4.78 is 22.3.